The smallest absolute Gasteiger partial charge is 0.330 e. The van der Waals surface area contributed by atoms with Crippen molar-refractivity contribution in [1.82, 2.24) is 20.0 Å². The number of fused-ring (bicyclic) bond motifs is 5. The quantitative estimate of drug-likeness (QED) is 0.366. The molecule has 4 heterocycles. The van der Waals surface area contributed by atoms with Crippen LogP contribution in [0.3, 0.4) is 0 Å². The molecule has 0 bridgehead atoms. The van der Waals surface area contributed by atoms with Gasteiger partial charge >= 0.3 is 18.0 Å². The minimum absolute atomic E-state index is 0.0950. The van der Waals surface area contributed by atoms with E-state index in [1.165, 1.54) is 0 Å². The molecule has 0 spiro atoms. The minimum Gasteiger partial charge on any atom is -0.497 e. The van der Waals surface area contributed by atoms with Crippen LogP contribution in [0.5, 0.6) is 5.75 Å². The number of nitrogens with zero attached hydrogens (tertiary/aromatic N) is 3. The van der Waals surface area contributed by atoms with Gasteiger partial charge in [-0.15, -0.1) is 0 Å². The molecule has 1 aromatic rings. The van der Waals surface area contributed by atoms with E-state index in [1.807, 2.05) is 30.4 Å². The fourth-order valence-corrected chi connectivity index (χ4v) is 8.08. The Labute approximate surface area is 281 Å². The van der Waals surface area contributed by atoms with Crippen LogP contribution in [0, 0.1) is 23.7 Å². The highest BCUT2D eigenvalue weighted by Gasteiger charge is 2.62. The predicted molar refractivity (Wildman–Crippen MR) is 174 cm³/mol. The van der Waals surface area contributed by atoms with E-state index in [0.717, 1.165) is 42.6 Å². The molecule has 260 valence electrons. The van der Waals surface area contributed by atoms with Crippen molar-refractivity contribution in [2.45, 2.75) is 96.0 Å². The first-order valence-electron chi connectivity index (χ1n) is 17.2. The largest absolute Gasteiger partial charge is 0.497 e. The molecule has 2 N–H and O–H groups in total. The number of benzene rings is 1. The molecule has 3 fully saturated rings. The van der Waals surface area contributed by atoms with Gasteiger partial charge in [-0.2, -0.15) is 0 Å². The lowest BCUT2D eigenvalue weighted by Crippen LogP contribution is -2.56. The molecule has 5 aliphatic rings. The molecule has 2 saturated heterocycles. The summed E-state index contributed by atoms with van der Waals surface area (Å²) >= 11 is 0. The number of carbonyl (C=O) groups excluding carboxylic acids is 4. The first kappa shape index (κ1) is 33.8. The topological polar surface area (TPSA) is 146 Å². The van der Waals surface area contributed by atoms with Crippen LogP contribution >= 0.6 is 0 Å². The number of allylic oxidation sites excluding steroid dienone is 1. The van der Waals surface area contributed by atoms with Crippen LogP contribution in [0.1, 0.15) is 76.8 Å². The number of rotatable bonds is 4. The van der Waals surface area contributed by atoms with Gasteiger partial charge in [-0.1, -0.05) is 31.1 Å². The van der Waals surface area contributed by atoms with Crippen LogP contribution in [-0.2, 0) is 37.0 Å². The number of esters is 1. The zero-order chi connectivity index (χ0) is 34.4. The minimum atomic E-state index is -1.42. The molecule has 1 aliphatic carbocycles. The summed E-state index contributed by atoms with van der Waals surface area (Å²) in [5.41, 5.74) is -0.0375. The molecule has 0 unspecified atom stereocenters. The van der Waals surface area contributed by atoms with Crippen molar-refractivity contribution in [3.8, 4) is 5.75 Å². The fraction of sp³-hybridized carbons (Fsp3) is 0.639. The number of carboxylic acids is 1. The van der Waals surface area contributed by atoms with Gasteiger partial charge < -0.3 is 34.6 Å². The average Bonchev–Trinajstić information content (AvgIpc) is 3.30. The molecule has 1 saturated carbocycles. The number of ether oxygens (including phenoxy) is 2. The van der Waals surface area contributed by atoms with Gasteiger partial charge in [0.05, 0.1) is 13.5 Å². The van der Waals surface area contributed by atoms with Gasteiger partial charge in [0.1, 0.15) is 22.9 Å². The Bertz CT molecular complexity index is 1500. The number of hydrogen-bond acceptors (Lipinski definition) is 7. The number of carbonyl (C=O) groups is 5. The molecule has 48 heavy (non-hydrogen) atoms. The summed E-state index contributed by atoms with van der Waals surface area (Å²) < 4.78 is 10.9. The van der Waals surface area contributed by atoms with Crippen LogP contribution in [0.4, 0.5) is 4.79 Å². The summed E-state index contributed by atoms with van der Waals surface area (Å²) in [6.07, 6.45) is 7.77. The molecule has 6 rings (SSSR count). The van der Waals surface area contributed by atoms with Gasteiger partial charge in [0.15, 0.2) is 0 Å². The number of hydrogen-bond donors (Lipinski definition) is 2. The molecule has 4 aliphatic heterocycles. The summed E-state index contributed by atoms with van der Waals surface area (Å²) in [5.74, 6) is -3.19. The highest BCUT2D eigenvalue weighted by atomic mass is 16.6. The van der Waals surface area contributed by atoms with E-state index in [0.29, 0.717) is 26.1 Å². The van der Waals surface area contributed by atoms with Gasteiger partial charge in [0.2, 0.25) is 11.8 Å². The third-order valence-electron chi connectivity index (χ3n) is 10.6. The van der Waals surface area contributed by atoms with Crippen molar-refractivity contribution in [1.29, 1.82) is 0 Å². The number of nitrogens with one attached hydrogen (secondary N) is 1. The van der Waals surface area contributed by atoms with Gasteiger partial charge in [0, 0.05) is 56.4 Å². The van der Waals surface area contributed by atoms with Crippen molar-refractivity contribution in [3.63, 3.8) is 0 Å². The van der Waals surface area contributed by atoms with Crippen molar-refractivity contribution >= 4 is 29.8 Å². The first-order valence-corrected chi connectivity index (χ1v) is 17.2. The summed E-state index contributed by atoms with van der Waals surface area (Å²) in [4.78, 5) is 73.0. The normalized spacial score (nSPS) is 31.0. The maximum absolute atomic E-state index is 14.4. The van der Waals surface area contributed by atoms with Gasteiger partial charge in [-0.05, 0) is 69.7 Å². The highest BCUT2D eigenvalue weighted by Crippen LogP contribution is 2.46. The van der Waals surface area contributed by atoms with Gasteiger partial charge in [-0.25, -0.2) is 9.59 Å². The summed E-state index contributed by atoms with van der Waals surface area (Å²) in [6, 6.07) is 4.70. The standard InChI is InChI=1S/C36H48N4O8/c1-35(2,3)48-29(41)15-22-10-8-6-5-7-9-11-26-16-36(26,33(44)45)37-31(42)30-28-21-39(19-25(28)20-40(30)32(22)43)34(46)38-17-23-12-13-27(47-4)14-24(23)18-38/h9,11-14,22,25-26,28,30H,5-8,10,15-21H2,1-4H3,(H,37,42)(H,44,45)/b11-9-/t22-,25-,26+,28-,30-,36+/m0/s1. The van der Waals surface area contributed by atoms with Crippen molar-refractivity contribution in [2.24, 2.45) is 23.7 Å². The van der Waals surface area contributed by atoms with Gasteiger partial charge in [0.25, 0.3) is 0 Å². The lowest BCUT2D eigenvalue weighted by Gasteiger charge is -2.33. The Morgan fingerprint density at radius 2 is 1.79 bits per heavy atom. The number of carboxylic acid groups (broad SMARTS) is 1. The maximum Gasteiger partial charge on any atom is 0.330 e. The third kappa shape index (κ3) is 6.75. The summed E-state index contributed by atoms with van der Waals surface area (Å²) in [6.45, 7) is 7.17. The number of likely N-dealkylation sites (tertiary alicyclic amines) is 1. The van der Waals surface area contributed by atoms with E-state index in [4.69, 9.17) is 9.47 Å². The molecular formula is C36H48N4O8. The van der Waals surface area contributed by atoms with Gasteiger partial charge in [-0.3, -0.25) is 14.4 Å². The van der Waals surface area contributed by atoms with Crippen LogP contribution in [0.15, 0.2) is 30.4 Å². The van der Waals surface area contributed by atoms with E-state index in [-0.39, 0.29) is 55.6 Å². The SMILES string of the molecule is COc1ccc2c(c1)CN(C(=O)N1C[C@H]3CN4C(=O)[C@H](CC(=O)OC(C)(C)C)CCCCC/C=C\[C@@H]5C[C@@]5(C(=O)O)NC(=O)[C@@H]4[C@H]3C1)C2. The third-order valence-corrected chi connectivity index (χ3v) is 10.6. The first-order chi connectivity index (χ1) is 22.8. The lowest BCUT2D eigenvalue weighted by atomic mass is 9.92. The second kappa shape index (κ2) is 13.1. The molecule has 4 amide bonds. The van der Waals surface area contributed by atoms with E-state index < -0.39 is 40.9 Å². The molecular weight excluding hydrogens is 616 g/mol. The fourth-order valence-electron chi connectivity index (χ4n) is 8.08. The number of amides is 4. The second-order valence-corrected chi connectivity index (χ2v) is 15.2. The number of methoxy groups -OCH3 is 1. The Morgan fingerprint density at radius 3 is 2.52 bits per heavy atom. The molecule has 12 heteroatoms. The lowest BCUT2D eigenvalue weighted by molar-refractivity contribution is -0.159. The summed E-state index contributed by atoms with van der Waals surface area (Å²) in [7, 11) is 1.61. The van der Waals surface area contributed by atoms with Crippen molar-refractivity contribution < 1.29 is 38.6 Å². The van der Waals surface area contributed by atoms with Crippen LogP contribution < -0.4 is 10.1 Å². The Hall–Kier alpha value is -4.09. The zero-order valence-corrected chi connectivity index (χ0v) is 28.4. The monoisotopic (exact) mass is 664 g/mol. The van der Waals surface area contributed by atoms with Crippen molar-refractivity contribution in [2.75, 3.05) is 26.7 Å². The Balaban J connectivity index is 1.24. The molecule has 0 radical (unpaired) electrons. The van der Waals surface area contributed by atoms with E-state index >= 15 is 0 Å². The predicted octanol–water partition coefficient (Wildman–Crippen LogP) is 3.72. The Morgan fingerprint density at radius 1 is 1.02 bits per heavy atom. The molecule has 1 aromatic carbocycles. The molecule has 12 nitrogen and oxygen atoms in total. The van der Waals surface area contributed by atoms with Crippen LogP contribution in [0.25, 0.3) is 0 Å². The zero-order valence-electron chi connectivity index (χ0n) is 28.4. The Kier molecular flexibility index (Phi) is 9.21. The van der Waals surface area contributed by atoms with Crippen molar-refractivity contribution in [3.05, 3.63) is 41.5 Å². The van der Waals surface area contributed by atoms with Crippen LogP contribution in [0.2, 0.25) is 0 Å². The maximum atomic E-state index is 14.4. The van der Waals surface area contributed by atoms with E-state index in [2.05, 4.69) is 5.32 Å². The van der Waals surface area contributed by atoms with E-state index in [1.54, 1.807) is 42.6 Å². The van der Waals surface area contributed by atoms with E-state index in [9.17, 15) is 29.1 Å². The summed E-state index contributed by atoms with van der Waals surface area (Å²) in [5, 5.41) is 13.1. The average molecular weight is 665 g/mol. The second-order valence-electron chi connectivity index (χ2n) is 15.2. The van der Waals surface area contributed by atoms with Crippen LogP contribution in [-0.4, -0.2) is 93.5 Å². The number of urea groups is 1. The highest BCUT2D eigenvalue weighted by molar-refractivity contribution is 5.96. The number of aliphatic carboxylic acids is 1. The molecule has 6 atom stereocenters. The molecule has 0 aromatic heterocycles.